The van der Waals surface area contributed by atoms with E-state index in [0.717, 1.165) is 29.7 Å². The molecule has 4 rings (SSSR count). The van der Waals surface area contributed by atoms with Crippen molar-refractivity contribution in [3.63, 3.8) is 0 Å². The molecule has 3 aromatic carbocycles. The number of halogens is 1. The Labute approximate surface area is 187 Å². The first kappa shape index (κ1) is 21.1. The van der Waals surface area contributed by atoms with Crippen LogP contribution < -0.4 is 10.3 Å². The van der Waals surface area contributed by atoms with Gasteiger partial charge in [0, 0.05) is 17.1 Å². The standard InChI is InChI=1S/C26H25ClN2O2/c1-18-9-14-24(19(2)17-18)31-16-6-5-15-29-25(20-10-12-21(27)13-11-20)28-23-8-4-3-7-22(23)26(29)30/h3-4,7-14,17H,5-6,15-16H2,1-2H3. The second kappa shape index (κ2) is 9.36. The summed E-state index contributed by atoms with van der Waals surface area (Å²) in [6.07, 6.45) is 1.65. The monoisotopic (exact) mass is 432 g/mol. The van der Waals surface area contributed by atoms with Gasteiger partial charge in [-0.1, -0.05) is 41.4 Å². The normalized spacial score (nSPS) is 11.1. The van der Waals surface area contributed by atoms with Crippen molar-refractivity contribution < 1.29 is 4.74 Å². The Morgan fingerprint density at radius 1 is 0.968 bits per heavy atom. The third-order valence-corrected chi connectivity index (χ3v) is 5.58. The largest absolute Gasteiger partial charge is 0.493 e. The Balaban J connectivity index is 1.53. The van der Waals surface area contributed by atoms with E-state index in [2.05, 4.69) is 26.0 Å². The number of rotatable bonds is 7. The maximum atomic E-state index is 13.2. The summed E-state index contributed by atoms with van der Waals surface area (Å²) < 4.78 is 7.71. The molecule has 1 aromatic heterocycles. The van der Waals surface area contributed by atoms with Gasteiger partial charge in [-0.2, -0.15) is 0 Å². The van der Waals surface area contributed by atoms with Gasteiger partial charge >= 0.3 is 0 Å². The Hall–Kier alpha value is -3.11. The quantitative estimate of drug-likeness (QED) is 0.327. The molecule has 0 saturated heterocycles. The van der Waals surface area contributed by atoms with Crippen molar-refractivity contribution in [1.82, 2.24) is 9.55 Å². The summed E-state index contributed by atoms with van der Waals surface area (Å²) in [6.45, 7) is 5.31. The number of hydrogen-bond acceptors (Lipinski definition) is 3. The lowest BCUT2D eigenvalue weighted by Gasteiger charge is -2.14. The molecule has 158 valence electrons. The average molecular weight is 433 g/mol. The molecule has 0 unspecified atom stereocenters. The number of hydrogen-bond donors (Lipinski definition) is 0. The molecule has 4 nitrogen and oxygen atoms in total. The van der Waals surface area contributed by atoms with Crippen LogP contribution in [0.3, 0.4) is 0 Å². The number of fused-ring (bicyclic) bond motifs is 1. The smallest absolute Gasteiger partial charge is 0.261 e. The van der Waals surface area contributed by atoms with Crippen LogP contribution in [0.5, 0.6) is 5.75 Å². The third kappa shape index (κ3) is 4.80. The summed E-state index contributed by atoms with van der Waals surface area (Å²) in [5, 5.41) is 1.29. The van der Waals surface area contributed by atoms with Crippen LogP contribution in [0.1, 0.15) is 24.0 Å². The predicted molar refractivity (Wildman–Crippen MR) is 127 cm³/mol. The van der Waals surface area contributed by atoms with Gasteiger partial charge in [0.15, 0.2) is 0 Å². The summed E-state index contributed by atoms with van der Waals surface area (Å²) >= 11 is 6.05. The molecule has 0 N–H and O–H groups in total. The van der Waals surface area contributed by atoms with Gasteiger partial charge in [-0.3, -0.25) is 9.36 Å². The van der Waals surface area contributed by atoms with Crippen molar-refractivity contribution >= 4 is 22.5 Å². The van der Waals surface area contributed by atoms with E-state index < -0.39 is 0 Å². The van der Waals surface area contributed by atoms with E-state index in [1.165, 1.54) is 5.56 Å². The minimum absolute atomic E-state index is 0.0224. The molecule has 0 aliphatic rings. The number of aromatic nitrogens is 2. The highest BCUT2D eigenvalue weighted by molar-refractivity contribution is 6.30. The number of ether oxygens (including phenoxy) is 1. The first-order chi connectivity index (χ1) is 15.0. The molecule has 0 bridgehead atoms. The van der Waals surface area contributed by atoms with Crippen molar-refractivity contribution in [3.05, 3.63) is 93.2 Å². The van der Waals surface area contributed by atoms with Crippen LogP contribution in [0.15, 0.2) is 71.5 Å². The molecular weight excluding hydrogens is 408 g/mol. The van der Waals surface area contributed by atoms with E-state index in [9.17, 15) is 4.79 Å². The van der Waals surface area contributed by atoms with E-state index in [1.807, 2.05) is 54.6 Å². The van der Waals surface area contributed by atoms with Gasteiger partial charge in [-0.05, 0) is 74.7 Å². The SMILES string of the molecule is Cc1ccc(OCCCCn2c(-c3ccc(Cl)cc3)nc3ccccc3c2=O)c(C)c1. The van der Waals surface area contributed by atoms with Crippen LogP contribution in [-0.2, 0) is 6.54 Å². The zero-order chi connectivity index (χ0) is 21.8. The number of aryl methyl sites for hydroxylation is 2. The second-order valence-corrected chi connectivity index (χ2v) is 8.18. The molecule has 0 radical (unpaired) electrons. The third-order valence-electron chi connectivity index (χ3n) is 5.33. The molecule has 5 heteroatoms. The molecule has 0 fully saturated rings. The van der Waals surface area contributed by atoms with Crippen LogP contribution >= 0.6 is 11.6 Å². The van der Waals surface area contributed by atoms with E-state index in [1.54, 1.807) is 4.57 Å². The number of unbranched alkanes of at least 4 members (excludes halogenated alkanes) is 1. The first-order valence-electron chi connectivity index (χ1n) is 10.5. The molecular formula is C26H25ClN2O2. The number of nitrogens with zero attached hydrogens (tertiary/aromatic N) is 2. The molecule has 1 heterocycles. The van der Waals surface area contributed by atoms with Crippen molar-refractivity contribution in [3.8, 4) is 17.1 Å². The van der Waals surface area contributed by atoms with Gasteiger partial charge in [0.25, 0.3) is 5.56 Å². The summed E-state index contributed by atoms with van der Waals surface area (Å²) in [6, 6.07) is 21.1. The van der Waals surface area contributed by atoms with Gasteiger partial charge < -0.3 is 4.74 Å². The predicted octanol–water partition coefficient (Wildman–Crippen LogP) is 6.19. The van der Waals surface area contributed by atoms with Crippen molar-refractivity contribution in [2.75, 3.05) is 6.61 Å². The maximum Gasteiger partial charge on any atom is 0.261 e. The van der Waals surface area contributed by atoms with E-state index >= 15 is 0 Å². The van der Waals surface area contributed by atoms with Crippen molar-refractivity contribution in [1.29, 1.82) is 0 Å². The van der Waals surface area contributed by atoms with Gasteiger partial charge in [0.2, 0.25) is 0 Å². The topological polar surface area (TPSA) is 44.1 Å². The Morgan fingerprint density at radius 3 is 2.52 bits per heavy atom. The highest BCUT2D eigenvalue weighted by Crippen LogP contribution is 2.22. The fourth-order valence-electron chi connectivity index (χ4n) is 3.71. The minimum Gasteiger partial charge on any atom is -0.493 e. The fourth-order valence-corrected chi connectivity index (χ4v) is 3.84. The lowest BCUT2D eigenvalue weighted by atomic mass is 10.1. The molecule has 0 amide bonds. The van der Waals surface area contributed by atoms with E-state index in [-0.39, 0.29) is 5.56 Å². The zero-order valence-electron chi connectivity index (χ0n) is 17.8. The van der Waals surface area contributed by atoms with Gasteiger partial charge in [-0.15, -0.1) is 0 Å². The molecule has 4 aromatic rings. The van der Waals surface area contributed by atoms with Crippen molar-refractivity contribution in [2.45, 2.75) is 33.2 Å². The number of para-hydroxylation sites is 1. The first-order valence-corrected chi connectivity index (χ1v) is 10.9. The molecule has 0 aliphatic carbocycles. The summed E-state index contributed by atoms with van der Waals surface area (Å²) in [4.78, 5) is 18.0. The lowest BCUT2D eigenvalue weighted by molar-refractivity contribution is 0.301. The van der Waals surface area contributed by atoms with Crippen LogP contribution in [0.2, 0.25) is 5.02 Å². The second-order valence-electron chi connectivity index (χ2n) is 7.74. The molecule has 0 spiro atoms. The summed E-state index contributed by atoms with van der Waals surface area (Å²) in [7, 11) is 0. The maximum absolute atomic E-state index is 13.2. The van der Waals surface area contributed by atoms with Crippen LogP contribution in [0, 0.1) is 13.8 Å². The fraction of sp³-hybridized carbons (Fsp3) is 0.231. The van der Waals surface area contributed by atoms with Gasteiger partial charge in [0.05, 0.1) is 17.5 Å². The molecule has 0 saturated carbocycles. The zero-order valence-corrected chi connectivity index (χ0v) is 18.5. The molecule has 31 heavy (non-hydrogen) atoms. The van der Waals surface area contributed by atoms with Gasteiger partial charge in [-0.25, -0.2) is 4.98 Å². The summed E-state index contributed by atoms with van der Waals surface area (Å²) in [5.41, 5.74) is 3.92. The van der Waals surface area contributed by atoms with Crippen LogP contribution in [0.25, 0.3) is 22.3 Å². The molecule has 0 aliphatic heterocycles. The lowest BCUT2D eigenvalue weighted by Crippen LogP contribution is -2.24. The summed E-state index contributed by atoms with van der Waals surface area (Å²) in [5.74, 6) is 1.58. The molecule has 0 atom stereocenters. The number of benzene rings is 3. The van der Waals surface area contributed by atoms with Crippen molar-refractivity contribution in [2.24, 2.45) is 0 Å². The Kier molecular flexibility index (Phi) is 6.38. The van der Waals surface area contributed by atoms with Crippen LogP contribution in [0.4, 0.5) is 0 Å². The average Bonchev–Trinajstić information content (AvgIpc) is 2.76. The van der Waals surface area contributed by atoms with E-state index in [0.29, 0.717) is 34.9 Å². The van der Waals surface area contributed by atoms with Gasteiger partial charge in [0.1, 0.15) is 11.6 Å². The van der Waals surface area contributed by atoms with Crippen LogP contribution in [-0.4, -0.2) is 16.2 Å². The Morgan fingerprint density at radius 2 is 1.74 bits per heavy atom. The highest BCUT2D eigenvalue weighted by Gasteiger charge is 2.12. The Bertz CT molecular complexity index is 1260. The minimum atomic E-state index is -0.0224. The highest BCUT2D eigenvalue weighted by atomic mass is 35.5. The van der Waals surface area contributed by atoms with E-state index in [4.69, 9.17) is 21.3 Å².